The maximum absolute atomic E-state index is 12.7. The van der Waals surface area contributed by atoms with E-state index in [-0.39, 0.29) is 23.9 Å². The monoisotopic (exact) mass is 407 g/mol. The first-order valence-corrected chi connectivity index (χ1v) is 10.9. The van der Waals surface area contributed by atoms with Crippen LogP contribution in [0, 0.1) is 0 Å². The maximum Gasteiger partial charge on any atom is 0.243 e. The van der Waals surface area contributed by atoms with Crippen molar-refractivity contribution in [3.63, 3.8) is 0 Å². The molecule has 2 heterocycles. The molecule has 0 spiro atoms. The molecule has 7 nitrogen and oxygen atoms in total. The molecule has 3 rings (SSSR count). The lowest BCUT2D eigenvalue weighted by Gasteiger charge is -2.34. The van der Waals surface area contributed by atoms with Crippen molar-refractivity contribution in [3.05, 3.63) is 48.7 Å². The molecule has 0 unspecified atom stereocenters. The van der Waals surface area contributed by atoms with Crippen molar-refractivity contribution in [2.45, 2.75) is 9.92 Å². The second-order valence-corrected chi connectivity index (χ2v) is 8.85. The third kappa shape index (κ3) is 4.79. The number of carbonyl (C=O) groups excluding carboxylic acids is 1. The van der Waals surface area contributed by atoms with Crippen LogP contribution in [0.1, 0.15) is 0 Å². The third-order valence-corrected chi connectivity index (χ3v) is 7.11. The number of piperazine rings is 1. The molecule has 1 amide bonds. The second-order valence-electron chi connectivity index (χ2n) is 5.92. The number of rotatable bonds is 6. The summed E-state index contributed by atoms with van der Waals surface area (Å²) in [7, 11) is -2.03. The van der Waals surface area contributed by atoms with E-state index < -0.39 is 10.0 Å². The molecule has 0 N–H and O–H groups in total. The molecule has 1 aromatic heterocycles. The van der Waals surface area contributed by atoms with Gasteiger partial charge in [0.15, 0.2) is 0 Å². The topological polar surface area (TPSA) is 79.8 Å². The summed E-state index contributed by atoms with van der Waals surface area (Å²) in [6.07, 6.45) is 1.69. The molecular formula is C18H21N3O4S2. The largest absolute Gasteiger partial charge is 0.497 e. The number of carbonyl (C=O) groups is 1. The Kier molecular flexibility index (Phi) is 6.35. The Hall–Kier alpha value is -2.10. The maximum atomic E-state index is 12.7. The molecule has 0 radical (unpaired) electrons. The van der Waals surface area contributed by atoms with E-state index in [1.54, 1.807) is 23.2 Å². The normalized spacial score (nSPS) is 15.5. The van der Waals surface area contributed by atoms with Gasteiger partial charge < -0.3 is 9.64 Å². The first-order valence-electron chi connectivity index (χ1n) is 8.46. The minimum absolute atomic E-state index is 0.00727. The van der Waals surface area contributed by atoms with Crippen molar-refractivity contribution >= 4 is 27.7 Å². The molecule has 27 heavy (non-hydrogen) atoms. The summed E-state index contributed by atoms with van der Waals surface area (Å²) < 4.78 is 32.0. The Bertz CT molecular complexity index is 865. The van der Waals surface area contributed by atoms with Gasteiger partial charge in [0.05, 0.1) is 22.8 Å². The molecular weight excluding hydrogens is 386 g/mol. The quantitative estimate of drug-likeness (QED) is 0.679. The highest BCUT2D eigenvalue weighted by molar-refractivity contribution is 7.99. The van der Waals surface area contributed by atoms with E-state index in [0.717, 1.165) is 5.03 Å². The van der Waals surface area contributed by atoms with Crippen molar-refractivity contribution in [3.8, 4) is 5.75 Å². The number of nitrogens with zero attached hydrogens (tertiary/aromatic N) is 3. The van der Waals surface area contributed by atoms with Crippen molar-refractivity contribution < 1.29 is 17.9 Å². The summed E-state index contributed by atoms with van der Waals surface area (Å²) in [5, 5.41) is 0.798. The molecule has 0 bridgehead atoms. The number of hydrogen-bond acceptors (Lipinski definition) is 6. The average molecular weight is 408 g/mol. The fourth-order valence-corrected chi connectivity index (χ4v) is 4.92. The van der Waals surface area contributed by atoms with Crippen LogP contribution in [0.25, 0.3) is 0 Å². The highest BCUT2D eigenvalue weighted by Gasteiger charge is 2.30. The molecule has 1 saturated heterocycles. The highest BCUT2D eigenvalue weighted by atomic mass is 32.2. The van der Waals surface area contributed by atoms with Gasteiger partial charge in [-0.25, -0.2) is 13.4 Å². The van der Waals surface area contributed by atoms with Gasteiger partial charge >= 0.3 is 0 Å². The Morgan fingerprint density at radius 3 is 2.41 bits per heavy atom. The molecule has 0 saturated carbocycles. The Balaban J connectivity index is 1.55. The van der Waals surface area contributed by atoms with E-state index in [2.05, 4.69) is 4.98 Å². The number of amides is 1. The third-order valence-electron chi connectivity index (χ3n) is 4.27. The van der Waals surface area contributed by atoms with E-state index in [4.69, 9.17) is 4.74 Å². The summed E-state index contributed by atoms with van der Waals surface area (Å²) in [4.78, 5) is 18.5. The molecule has 1 aliphatic heterocycles. The van der Waals surface area contributed by atoms with Gasteiger partial charge in [-0.1, -0.05) is 17.8 Å². The minimum atomic E-state index is -3.57. The van der Waals surface area contributed by atoms with Gasteiger partial charge in [-0.3, -0.25) is 4.79 Å². The summed E-state index contributed by atoms with van der Waals surface area (Å²) in [5.74, 6) is 0.893. The number of sulfonamides is 1. The number of aromatic nitrogens is 1. The lowest BCUT2D eigenvalue weighted by atomic mass is 10.3. The van der Waals surface area contributed by atoms with Gasteiger partial charge in [0.2, 0.25) is 15.9 Å². The van der Waals surface area contributed by atoms with Crippen LogP contribution in [0.5, 0.6) is 5.75 Å². The molecule has 0 aliphatic carbocycles. The lowest BCUT2D eigenvalue weighted by Crippen LogP contribution is -2.50. The van der Waals surface area contributed by atoms with Crippen LogP contribution in [0.15, 0.2) is 58.6 Å². The summed E-state index contributed by atoms with van der Waals surface area (Å²) in [6.45, 7) is 1.34. The fraction of sp³-hybridized carbons (Fsp3) is 0.333. The average Bonchev–Trinajstić information content (AvgIpc) is 2.73. The van der Waals surface area contributed by atoms with Gasteiger partial charge in [-0.05, 0) is 36.4 Å². The van der Waals surface area contributed by atoms with Crippen molar-refractivity contribution in [1.29, 1.82) is 0 Å². The van der Waals surface area contributed by atoms with Crippen LogP contribution in [0.2, 0.25) is 0 Å². The van der Waals surface area contributed by atoms with E-state index in [1.165, 1.54) is 35.3 Å². The van der Waals surface area contributed by atoms with Crippen molar-refractivity contribution in [2.24, 2.45) is 0 Å². The Morgan fingerprint density at radius 2 is 1.81 bits per heavy atom. The van der Waals surface area contributed by atoms with E-state index in [0.29, 0.717) is 24.6 Å². The standard InChI is InChI=1S/C18H21N3O4S2/c1-25-15-5-7-16(8-6-15)27(23,24)21-12-10-20(11-13-21)18(22)14-26-17-4-2-3-9-19-17/h2-9H,10-14H2,1H3. The van der Waals surface area contributed by atoms with Gasteiger partial charge in [0, 0.05) is 32.4 Å². The first-order chi connectivity index (χ1) is 13.0. The summed E-state index contributed by atoms with van der Waals surface area (Å²) in [6, 6.07) is 11.9. The van der Waals surface area contributed by atoms with E-state index >= 15 is 0 Å². The zero-order chi connectivity index (χ0) is 19.3. The van der Waals surface area contributed by atoms with E-state index in [1.807, 2.05) is 18.2 Å². The molecule has 0 atom stereocenters. The molecule has 1 aliphatic rings. The van der Waals surface area contributed by atoms with Gasteiger partial charge in [0.1, 0.15) is 5.75 Å². The number of thioether (sulfide) groups is 1. The predicted molar refractivity (Wildman–Crippen MR) is 103 cm³/mol. The zero-order valence-electron chi connectivity index (χ0n) is 14.9. The van der Waals surface area contributed by atoms with Gasteiger partial charge in [-0.2, -0.15) is 4.31 Å². The predicted octanol–water partition coefficient (Wildman–Crippen LogP) is 1.72. The van der Waals surface area contributed by atoms with E-state index in [9.17, 15) is 13.2 Å². The van der Waals surface area contributed by atoms with Crippen LogP contribution >= 0.6 is 11.8 Å². The van der Waals surface area contributed by atoms with Crippen molar-refractivity contribution in [1.82, 2.24) is 14.2 Å². The summed E-state index contributed by atoms with van der Waals surface area (Å²) in [5.41, 5.74) is 0. The molecule has 1 fully saturated rings. The van der Waals surface area contributed by atoms with Crippen LogP contribution < -0.4 is 4.74 Å². The smallest absolute Gasteiger partial charge is 0.243 e. The fourth-order valence-electron chi connectivity index (χ4n) is 2.73. The number of methoxy groups -OCH3 is 1. The number of benzene rings is 1. The van der Waals surface area contributed by atoms with Crippen LogP contribution in [0.4, 0.5) is 0 Å². The van der Waals surface area contributed by atoms with Crippen LogP contribution in [-0.4, -0.2) is 67.6 Å². The van der Waals surface area contributed by atoms with Gasteiger partial charge in [0.25, 0.3) is 0 Å². The SMILES string of the molecule is COc1ccc(S(=O)(=O)N2CCN(C(=O)CSc3ccccn3)CC2)cc1. The molecule has 1 aromatic carbocycles. The molecule has 144 valence electrons. The minimum Gasteiger partial charge on any atom is -0.497 e. The molecule has 2 aromatic rings. The van der Waals surface area contributed by atoms with Gasteiger partial charge in [-0.15, -0.1) is 0 Å². The lowest BCUT2D eigenvalue weighted by molar-refractivity contribution is -0.129. The Labute approximate surface area is 163 Å². The number of ether oxygens (including phenoxy) is 1. The highest BCUT2D eigenvalue weighted by Crippen LogP contribution is 2.21. The Morgan fingerprint density at radius 1 is 1.11 bits per heavy atom. The van der Waals surface area contributed by atoms with Crippen LogP contribution in [-0.2, 0) is 14.8 Å². The summed E-state index contributed by atoms with van der Waals surface area (Å²) >= 11 is 1.38. The second kappa shape index (κ2) is 8.73. The first kappa shape index (κ1) is 19.7. The number of hydrogen-bond donors (Lipinski definition) is 0. The molecule has 9 heteroatoms. The van der Waals surface area contributed by atoms with Crippen molar-refractivity contribution in [2.75, 3.05) is 39.0 Å². The zero-order valence-corrected chi connectivity index (χ0v) is 16.6. The van der Waals surface area contributed by atoms with Crippen LogP contribution in [0.3, 0.4) is 0 Å². The number of pyridine rings is 1.